The molecule has 1 aromatic rings. The highest BCUT2D eigenvalue weighted by Crippen LogP contribution is 2.07. The fraction of sp³-hybridized carbons (Fsp3) is 0.533. The summed E-state index contributed by atoms with van der Waals surface area (Å²) in [5.41, 5.74) is 0.769. The lowest BCUT2D eigenvalue weighted by Crippen LogP contribution is -2.14. The van der Waals surface area contributed by atoms with Gasteiger partial charge in [-0.25, -0.2) is 4.79 Å². The Labute approximate surface area is 110 Å². The van der Waals surface area contributed by atoms with Crippen LogP contribution in [0.3, 0.4) is 0 Å². The molecule has 1 rings (SSSR count). The second kappa shape index (κ2) is 9.51. The Kier molecular flexibility index (Phi) is 7.69. The molecule has 0 spiro atoms. The number of hydrogen-bond donors (Lipinski definition) is 1. The molecule has 0 aliphatic heterocycles. The summed E-state index contributed by atoms with van der Waals surface area (Å²) in [4.78, 5) is 11.4. The Hall–Kier alpha value is -1.51. The van der Waals surface area contributed by atoms with Crippen LogP contribution in [0.25, 0.3) is 0 Å². The average Bonchev–Trinajstić information content (AvgIpc) is 2.39. The number of benzene rings is 1. The third kappa shape index (κ3) is 6.94. The van der Waals surface area contributed by atoms with Crippen molar-refractivity contribution in [3.05, 3.63) is 30.3 Å². The van der Waals surface area contributed by atoms with Crippen molar-refractivity contribution in [2.45, 2.75) is 45.4 Å². The van der Waals surface area contributed by atoms with Crippen LogP contribution >= 0.6 is 0 Å². The molecule has 1 aromatic carbocycles. The van der Waals surface area contributed by atoms with Gasteiger partial charge in [0.05, 0.1) is 6.61 Å². The maximum Gasteiger partial charge on any atom is 0.411 e. The number of ether oxygens (including phenoxy) is 1. The molecule has 1 N–H and O–H groups in total. The first kappa shape index (κ1) is 14.6. The molecule has 1 amide bonds. The molecule has 18 heavy (non-hydrogen) atoms. The van der Waals surface area contributed by atoms with Gasteiger partial charge >= 0.3 is 6.09 Å². The molecular formula is C15H23NO2. The minimum Gasteiger partial charge on any atom is -0.449 e. The van der Waals surface area contributed by atoms with Crippen molar-refractivity contribution in [2.24, 2.45) is 0 Å². The molecule has 0 aliphatic rings. The first-order valence-electron chi connectivity index (χ1n) is 6.81. The zero-order chi connectivity index (χ0) is 13.1. The van der Waals surface area contributed by atoms with Crippen LogP contribution in [-0.4, -0.2) is 12.7 Å². The summed E-state index contributed by atoms with van der Waals surface area (Å²) in [6.45, 7) is 2.71. The lowest BCUT2D eigenvalue weighted by atomic mass is 10.1. The summed E-state index contributed by atoms with van der Waals surface area (Å²) in [6, 6.07) is 9.34. The van der Waals surface area contributed by atoms with Gasteiger partial charge in [-0.05, 0) is 18.6 Å². The summed E-state index contributed by atoms with van der Waals surface area (Å²) in [5, 5.41) is 2.69. The zero-order valence-electron chi connectivity index (χ0n) is 11.2. The van der Waals surface area contributed by atoms with Crippen molar-refractivity contribution in [2.75, 3.05) is 11.9 Å². The number of nitrogens with one attached hydrogen (secondary N) is 1. The van der Waals surface area contributed by atoms with Gasteiger partial charge in [-0.2, -0.15) is 0 Å². The average molecular weight is 249 g/mol. The summed E-state index contributed by atoms with van der Waals surface area (Å²) >= 11 is 0. The van der Waals surface area contributed by atoms with Crippen molar-refractivity contribution in [1.82, 2.24) is 0 Å². The molecule has 100 valence electrons. The SMILES string of the molecule is CCCCCCCCOC(=O)Nc1ccccc1. The van der Waals surface area contributed by atoms with Crippen LogP contribution in [0.4, 0.5) is 10.5 Å². The molecule has 0 aliphatic carbocycles. The van der Waals surface area contributed by atoms with Gasteiger partial charge in [0.2, 0.25) is 0 Å². The number of hydrogen-bond acceptors (Lipinski definition) is 2. The first-order valence-corrected chi connectivity index (χ1v) is 6.81. The standard InChI is InChI=1S/C15H23NO2/c1-2-3-4-5-6-10-13-18-15(17)16-14-11-8-7-9-12-14/h7-9,11-12H,2-6,10,13H2,1H3,(H,16,17). The summed E-state index contributed by atoms with van der Waals surface area (Å²) in [5.74, 6) is 0. The van der Waals surface area contributed by atoms with Crippen molar-refractivity contribution >= 4 is 11.8 Å². The maximum absolute atomic E-state index is 11.4. The summed E-state index contributed by atoms with van der Waals surface area (Å²) in [6.07, 6.45) is 6.80. The Morgan fingerprint density at radius 3 is 2.44 bits per heavy atom. The molecule has 0 aromatic heterocycles. The summed E-state index contributed by atoms with van der Waals surface area (Å²) in [7, 11) is 0. The zero-order valence-corrected chi connectivity index (χ0v) is 11.2. The van der Waals surface area contributed by atoms with E-state index in [-0.39, 0.29) is 6.09 Å². The number of unbranched alkanes of at least 4 members (excludes halogenated alkanes) is 5. The van der Waals surface area contributed by atoms with Gasteiger partial charge in [-0.15, -0.1) is 0 Å². The molecule has 0 atom stereocenters. The van der Waals surface area contributed by atoms with E-state index < -0.39 is 0 Å². The quantitative estimate of drug-likeness (QED) is 0.684. The molecule has 0 fully saturated rings. The highest BCUT2D eigenvalue weighted by molar-refractivity contribution is 5.84. The van der Waals surface area contributed by atoms with Gasteiger partial charge in [-0.1, -0.05) is 57.2 Å². The molecule has 0 bridgehead atoms. The molecule has 0 heterocycles. The van der Waals surface area contributed by atoms with Crippen LogP contribution in [0.15, 0.2) is 30.3 Å². The van der Waals surface area contributed by atoms with Crippen LogP contribution in [-0.2, 0) is 4.74 Å². The minimum absolute atomic E-state index is 0.366. The van der Waals surface area contributed by atoms with Crippen molar-refractivity contribution < 1.29 is 9.53 Å². The Balaban J connectivity index is 2.00. The number of rotatable bonds is 8. The topological polar surface area (TPSA) is 38.3 Å². The second-order valence-electron chi connectivity index (χ2n) is 4.39. The van der Waals surface area contributed by atoms with Gasteiger partial charge in [0.1, 0.15) is 0 Å². The lowest BCUT2D eigenvalue weighted by molar-refractivity contribution is 0.159. The maximum atomic E-state index is 11.4. The number of carbonyl (C=O) groups is 1. The predicted molar refractivity (Wildman–Crippen MR) is 74.8 cm³/mol. The number of amides is 1. The smallest absolute Gasteiger partial charge is 0.411 e. The highest BCUT2D eigenvalue weighted by atomic mass is 16.5. The molecule has 0 saturated heterocycles. The molecule has 3 nitrogen and oxygen atoms in total. The fourth-order valence-corrected chi connectivity index (χ4v) is 1.72. The monoisotopic (exact) mass is 249 g/mol. The van der Waals surface area contributed by atoms with Crippen LogP contribution in [0.1, 0.15) is 45.4 Å². The Morgan fingerprint density at radius 1 is 1.06 bits per heavy atom. The normalized spacial score (nSPS) is 10.1. The van der Waals surface area contributed by atoms with E-state index in [0.717, 1.165) is 18.5 Å². The van der Waals surface area contributed by atoms with Crippen LogP contribution in [0.5, 0.6) is 0 Å². The fourth-order valence-electron chi connectivity index (χ4n) is 1.72. The predicted octanol–water partition coefficient (Wildman–Crippen LogP) is 4.60. The van der Waals surface area contributed by atoms with Gasteiger partial charge in [-0.3, -0.25) is 5.32 Å². The van der Waals surface area contributed by atoms with E-state index >= 15 is 0 Å². The summed E-state index contributed by atoms with van der Waals surface area (Å²) < 4.78 is 5.10. The van der Waals surface area contributed by atoms with E-state index in [1.54, 1.807) is 0 Å². The largest absolute Gasteiger partial charge is 0.449 e. The first-order chi connectivity index (χ1) is 8.83. The van der Waals surface area contributed by atoms with Gasteiger partial charge in [0, 0.05) is 5.69 Å². The van der Waals surface area contributed by atoms with Crippen LogP contribution < -0.4 is 5.32 Å². The Bertz CT molecular complexity index is 325. The minimum atomic E-state index is -0.366. The van der Waals surface area contributed by atoms with Crippen molar-refractivity contribution in [3.8, 4) is 0 Å². The van der Waals surface area contributed by atoms with E-state index in [1.807, 2.05) is 30.3 Å². The number of para-hydroxylation sites is 1. The highest BCUT2D eigenvalue weighted by Gasteiger charge is 2.01. The van der Waals surface area contributed by atoms with Gasteiger partial charge in [0.15, 0.2) is 0 Å². The van der Waals surface area contributed by atoms with E-state index in [4.69, 9.17) is 4.74 Å². The Morgan fingerprint density at radius 2 is 1.72 bits per heavy atom. The van der Waals surface area contributed by atoms with E-state index in [9.17, 15) is 4.79 Å². The van der Waals surface area contributed by atoms with E-state index in [0.29, 0.717) is 6.61 Å². The lowest BCUT2D eigenvalue weighted by Gasteiger charge is -2.06. The number of anilines is 1. The van der Waals surface area contributed by atoms with Gasteiger partial charge < -0.3 is 4.74 Å². The number of carbonyl (C=O) groups excluding carboxylic acids is 1. The van der Waals surface area contributed by atoms with Crippen molar-refractivity contribution in [1.29, 1.82) is 0 Å². The van der Waals surface area contributed by atoms with Gasteiger partial charge in [0.25, 0.3) is 0 Å². The molecule has 0 radical (unpaired) electrons. The molecule has 0 unspecified atom stereocenters. The van der Waals surface area contributed by atoms with Crippen molar-refractivity contribution in [3.63, 3.8) is 0 Å². The molecule has 3 heteroatoms. The third-order valence-electron chi connectivity index (χ3n) is 2.75. The molecular weight excluding hydrogens is 226 g/mol. The van der Waals surface area contributed by atoms with E-state index in [2.05, 4.69) is 12.2 Å². The van der Waals surface area contributed by atoms with Crippen LogP contribution in [0, 0.1) is 0 Å². The molecule has 0 saturated carbocycles. The van der Waals surface area contributed by atoms with Crippen LogP contribution in [0.2, 0.25) is 0 Å². The third-order valence-corrected chi connectivity index (χ3v) is 2.75. The second-order valence-corrected chi connectivity index (χ2v) is 4.39. The van der Waals surface area contributed by atoms with E-state index in [1.165, 1.54) is 25.7 Å².